The van der Waals surface area contributed by atoms with E-state index < -0.39 is 30.3 Å². The molecule has 1 amide bonds. The average Bonchev–Trinajstić information content (AvgIpc) is 3.31. The number of carbonyl (C=O) groups excluding carboxylic acids is 2. The molecule has 0 aliphatic carbocycles. The number of pyridine rings is 1. The number of rotatable bonds is 6. The Morgan fingerprint density at radius 3 is 2.40 bits per heavy atom. The lowest BCUT2D eigenvalue weighted by molar-refractivity contribution is -0.135. The van der Waals surface area contributed by atoms with E-state index in [1.165, 1.54) is 6.20 Å². The zero-order valence-corrected chi connectivity index (χ0v) is 23.1. The number of carbonyl (C=O) groups is 2. The molecule has 0 bridgehead atoms. The first-order valence-corrected chi connectivity index (χ1v) is 13.8. The Balaban J connectivity index is 1.26. The molecule has 0 radical (unpaired) electrons. The number of fused-ring (bicyclic) bond motifs is 2. The van der Waals surface area contributed by atoms with Gasteiger partial charge in [-0.1, -0.05) is 66.2 Å². The largest absolute Gasteiger partial charge is 0.314 e. The summed E-state index contributed by atoms with van der Waals surface area (Å²) in [6.07, 6.45) is 0.243. The molecule has 1 atom stereocenters. The summed E-state index contributed by atoms with van der Waals surface area (Å²) < 4.78 is 29.2. The summed E-state index contributed by atoms with van der Waals surface area (Å²) in [7, 11) is 0. The molecule has 2 heterocycles. The Bertz CT molecular complexity index is 1900. The van der Waals surface area contributed by atoms with Crippen molar-refractivity contribution in [3.8, 4) is 17.2 Å². The van der Waals surface area contributed by atoms with Gasteiger partial charge in [0.2, 0.25) is 5.91 Å². The summed E-state index contributed by atoms with van der Waals surface area (Å²) in [5.41, 5.74) is 1.38. The molecule has 1 aliphatic rings. The van der Waals surface area contributed by atoms with Crippen LogP contribution in [0, 0.1) is 11.3 Å². The molecule has 6 rings (SSSR count). The summed E-state index contributed by atoms with van der Waals surface area (Å²) in [6.45, 7) is -0.873. The van der Waals surface area contributed by atoms with E-state index in [1.807, 2.05) is 60.7 Å². The van der Waals surface area contributed by atoms with Gasteiger partial charge in [-0.2, -0.15) is 5.26 Å². The van der Waals surface area contributed by atoms with Gasteiger partial charge >= 0.3 is 0 Å². The van der Waals surface area contributed by atoms with Gasteiger partial charge in [0.05, 0.1) is 24.6 Å². The second kappa shape index (κ2) is 10.6. The monoisotopic (exact) mass is 579 g/mol. The first-order chi connectivity index (χ1) is 20.2. The number of halogens is 3. The highest BCUT2D eigenvalue weighted by molar-refractivity contribution is 6.31. The number of benzene rings is 4. The van der Waals surface area contributed by atoms with Crippen molar-refractivity contribution < 1.29 is 18.4 Å². The summed E-state index contributed by atoms with van der Waals surface area (Å²) in [5.74, 6) is -4.20. The highest BCUT2D eigenvalue weighted by atomic mass is 35.5. The number of hydrogen-bond acceptors (Lipinski definition) is 4. The first-order valence-electron chi connectivity index (χ1n) is 13.5. The maximum atomic E-state index is 14.6. The van der Waals surface area contributed by atoms with Crippen LogP contribution in [0.2, 0.25) is 5.02 Å². The molecule has 0 saturated carbocycles. The smallest absolute Gasteiger partial charge is 0.269 e. The topological polar surface area (TPSA) is 74.1 Å². The lowest BCUT2D eigenvalue weighted by atomic mass is 9.87. The van der Waals surface area contributed by atoms with Crippen molar-refractivity contribution in [1.29, 1.82) is 5.26 Å². The molecule has 5 aromatic rings. The quantitative estimate of drug-likeness (QED) is 0.191. The zero-order valence-electron chi connectivity index (χ0n) is 22.4. The van der Waals surface area contributed by atoms with E-state index in [2.05, 4.69) is 4.98 Å². The standard InChI is InChI=1S/C34H24ClF2N3O2/c35-27-10-8-23-16-22(6-7-24(23)17-27)25-9-11-30-29(18-25)28(14-15-39-30)31(41)12-13-32(42)40-21-34(36,37)19-33(40,20-38)26-4-2-1-3-5-26/h1-11,14-18H,12-13,19,21H2/t33-/m0/s1. The number of likely N-dealkylation sites (tertiary alicyclic amines) is 1. The van der Waals surface area contributed by atoms with Gasteiger partial charge in [-0.25, -0.2) is 8.78 Å². The first kappa shape index (κ1) is 27.5. The van der Waals surface area contributed by atoms with Crippen LogP contribution in [0.15, 0.2) is 97.2 Å². The van der Waals surface area contributed by atoms with Gasteiger partial charge in [-0.15, -0.1) is 0 Å². The number of amides is 1. The maximum Gasteiger partial charge on any atom is 0.269 e. The van der Waals surface area contributed by atoms with E-state index in [4.69, 9.17) is 11.6 Å². The number of alkyl halides is 2. The third-order valence-electron chi connectivity index (χ3n) is 7.85. The molecule has 208 valence electrons. The van der Waals surface area contributed by atoms with Crippen molar-refractivity contribution in [3.05, 3.63) is 113 Å². The lowest BCUT2D eigenvalue weighted by Crippen LogP contribution is -2.44. The fraction of sp³-hybridized carbons (Fsp3) is 0.176. The van der Waals surface area contributed by atoms with Crippen LogP contribution in [-0.2, 0) is 10.3 Å². The minimum atomic E-state index is -3.22. The molecular formula is C34H24ClF2N3O2. The summed E-state index contributed by atoms with van der Waals surface area (Å²) in [4.78, 5) is 32.1. The van der Waals surface area contributed by atoms with E-state index >= 15 is 0 Å². The summed E-state index contributed by atoms with van der Waals surface area (Å²) >= 11 is 6.12. The molecule has 5 nitrogen and oxygen atoms in total. The minimum absolute atomic E-state index is 0.197. The van der Waals surface area contributed by atoms with E-state index in [9.17, 15) is 23.6 Å². The molecule has 0 spiro atoms. The third-order valence-corrected chi connectivity index (χ3v) is 8.08. The zero-order chi connectivity index (χ0) is 29.5. The van der Waals surface area contributed by atoms with Crippen molar-refractivity contribution in [2.45, 2.75) is 30.7 Å². The molecule has 0 N–H and O–H groups in total. The van der Waals surface area contributed by atoms with Crippen molar-refractivity contribution in [2.24, 2.45) is 0 Å². The molecule has 0 unspecified atom stereocenters. The van der Waals surface area contributed by atoms with Crippen LogP contribution in [0.5, 0.6) is 0 Å². The van der Waals surface area contributed by atoms with Gasteiger partial charge in [0.25, 0.3) is 5.92 Å². The van der Waals surface area contributed by atoms with E-state index in [-0.39, 0.29) is 18.6 Å². The number of aromatic nitrogens is 1. The SMILES string of the molecule is N#C[C@]1(c2ccccc2)CC(F)(F)CN1C(=O)CCC(=O)c1ccnc2ccc(-c3ccc4cc(Cl)ccc4c3)cc12. The van der Waals surface area contributed by atoms with E-state index in [0.717, 1.165) is 26.8 Å². The van der Waals surface area contributed by atoms with Gasteiger partial charge in [0.15, 0.2) is 11.3 Å². The predicted octanol–water partition coefficient (Wildman–Crippen LogP) is 7.96. The van der Waals surface area contributed by atoms with Crippen molar-refractivity contribution in [1.82, 2.24) is 9.88 Å². The van der Waals surface area contributed by atoms with Gasteiger partial charge in [-0.3, -0.25) is 14.6 Å². The van der Waals surface area contributed by atoms with Crippen molar-refractivity contribution in [2.75, 3.05) is 6.54 Å². The Hall–Kier alpha value is -4.67. The molecule has 8 heteroatoms. The number of Topliss-reactive ketones (excluding diaryl/α,β-unsaturated/α-hetero) is 1. The molecule has 4 aromatic carbocycles. The van der Waals surface area contributed by atoms with Crippen LogP contribution in [0.3, 0.4) is 0 Å². The highest BCUT2D eigenvalue weighted by Gasteiger charge is 2.58. The maximum absolute atomic E-state index is 14.6. The van der Waals surface area contributed by atoms with E-state index in [0.29, 0.717) is 27.1 Å². The minimum Gasteiger partial charge on any atom is -0.314 e. The van der Waals surface area contributed by atoms with Crippen LogP contribution in [0.4, 0.5) is 8.78 Å². The second-order valence-electron chi connectivity index (χ2n) is 10.6. The number of ketones is 1. The molecule has 1 aromatic heterocycles. The molecule has 1 saturated heterocycles. The van der Waals surface area contributed by atoms with Crippen LogP contribution in [0.25, 0.3) is 32.8 Å². The average molecular weight is 580 g/mol. The lowest BCUT2D eigenvalue weighted by Gasteiger charge is -2.32. The molecule has 1 aliphatic heterocycles. The van der Waals surface area contributed by atoms with Crippen molar-refractivity contribution >= 4 is 45.0 Å². The summed E-state index contributed by atoms with van der Waals surface area (Å²) in [5, 5.41) is 13.4. The Labute approximate surface area is 246 Å². The summed E-state index contributed by atoms with van der Waals surface area (Å²) in [6, 6.07) is 29.1. The predicted molar refractivity (Wildman–Crippen MR) is 158 cm³/mol. The second-order valence-corrected chi connectivity index (χ2v) is 11.0. The van der Waals surface area contributed by atoms with Gasteiger partial charge in [-0.05, 0) is 63.9 Å². The highest BCUT2D eigenvalue weighted by Crippen LogP contribution is 2.46. The molecule has 1 fully saturated rings. The van der Waals surface area contributed by atoms with Crippen LogP contribution in [0.1, 0.15) is 35.2 Å². The van der Waals surface area contributed by atoms with Gasteiger partial charge in [0.1, 0.15) is 0 Å². The number of hydrogen-bond donors (Lipinski definition) is 0. The van der Waals surface area contributed by atoms with Crippen LogP contribution < -0.4 is 0 Å². The van der Waals surface area contributed by atoms with Gasteiger partial charge in [0, 0.05) is 35.0 Å². The Morgan fingerprint density at radius 1 is 0.905 bits per heavy atom. The Kier molecular flexibility index (Phi) is 6.96. The normalized spacial score (nSPS) is 17.8. The fourth-order valence-electron chi connectivity index (χ4n) is 5.78. The molecule has 42 heavy (non-hydrogen) atoms. The van der Waals surface area contributed by atoms with Crippen molar-refractivity contribution in [3.63, 3.8) is 0 Å². The number of nitriles is 1. The molecular weight excluding hydrogens is 556 g/mol. The Morgan fingerprint density at radius 2 is 1.62 bits per heavy atom. The van der Waals surface area contributed by atoms with Crippen LogP contribution >= 0.6 is 11.6 Å². The van der Waals surface area contributed by atoms with E-state index in [1.54, 1.807) is 36.4 Å². The number of nitrogens with zero attached hydrogens (tertiary/aromatic N) is 3. The van der Waals surface area contributed by atoms with Crippen LogP contribution in [-0.4, -0.2) is 34.0 Å². The third kappa shape index (κ3) is 4.99. The fourth-order valence-corrected chi connectivity index (χ4v) is 5.96. The van der Waals surface area contributed by atoms with Gasteiger partial charge < -0.3 is 4.90 Å².